The molecule has 11 heteroatoms. The standard InChI is InChI=1S/C21H26ClN5O3S2/c1-4-27-14(2)11-17(15(27)3)20-13-31-21(25-24-20)23-19-12-16(5-6-18(19)22)32(28,29)26-7-9-30-10-8-26/h5-6,11-12H,4,7-10,13H2,1-3H3,(H,23,25). The average Bonchev–Trinajstić information content (AvgIpc) is 3.09. The molecular formula is C21H26ClN5O3S2. The molecule has 0 unspecified atom stereocenters. The van der Waals surface area contributed by atoms with Gasteiger partial charge in [-0.2, -0.15) is 9.41 Å². The molecule has 32 heavy (non-hydrogen) atoms. The van der Waals surface area contributed by atoms with Crippen molar-refractivity contribution in [3.8, 4) is 0 Å². The molecule has 0 spiro atoms. The molecule has 3 heterocycles. The van der Waals surface area contributed by atoms with Crippen LogP contribution in [0, 0.1) is 13.8 Å². The Bertz CT molecular complexity index is 1180. The van der Waals surface area contributed by atoms with Gasteiger partial charge in [0.15, 0.2) is 5.17 Å². The Labute approximate surface area is 197 Å². The number of hydrogen-bond donors (Lipinski definition) is 1. The Balaban J connectivity index is 1.57. The van der Waals surface area contributed by atoms with Gasteiger partial charge < -0.3 is 9.30 Å². The highest BCUT2D eigenvalue weighted by atomic mass is 35.5. The highest BCUT2D eigenvalue weighted by Crippen LogP contribution is 2.31. The number of amidine groups is 1. The van der Waals surface area contributed by atoms with Gasteiger partial charge in [0.25, 0.3) is 0 Å². The Morgan fingerprint density at radius 1 is 1.25 bits per heavy atom. The predicted octanol–water partition coefficient (Wildman–Crippen LogP) is 3.53. The molecule has 0 radical (unpaired) electrons. The number of aromatic nitrogens is 1. The maximum atomic E-state index is 13.0. The number of halogens is 1. The van der Waals surface area contributed by atoms with Crippen LogP contribution in [-0.2, 0) is 21.3 Å². The number of aryl methyl sites for hydroxylation is 1. The van der Waals surface area contributed by atoms with Crippen LogP contribution in [0.15, 0.2) is 39.3 Å². The van der Waals surface area contributed by atoms with Crippen LogP contribution in [0.5, 0.6) is 0 Å². The number of hydrazone groups is 1. The van der Waals surface area contributed by atoms with Gasteiger partial charge in [-0.15, -0.1) is 0 Å². The number of nitrogens with one attached hydrogen (secondary N) is 1. The Kier molecular flexibility index (Phi) is 6.97. The van der Waals surface area contributed by atoms with Crippen LogP contribution in [0.3, 0.4) is 0 Å². The molecule has 8 nitrogen and oxygen atoms in total. The van der Waals surface area contributed by atoms with Gasteiger partial charge in [0, 0.05) is 42.3 Å². The minimum absolute atomic E-state index is 0.167. The number of benzene rings is 1. The summed E-state index contributed by atoms with van der Waals surface area (Å²) in [7, 11) is -3.63. The molecule has 0 aliphatic carbocycles. The predicted molar refractivity (Wildman–Crippen MR) is 130 cm³/mol. The lowest BCUT2D eigenvalue weighted by Gasteiger charge is -2.26. The van der Waals surface area contributed by atoms with Gasteiger partial charge >= 0.3 is 0 Å². The first kappa shape index (κ1) is 23.3. The highest BCUT2D eigenvalue weighted by molar-refractivity contribution is 8.14. The molecule has 2 aliphatic rings. The molecule has 1 aromatic heterocycles. The van der Waals surface area contributed by atoms with Gasteiger partial charge in [0.2, 0.25) is 10.0 Å². The average molecular weight is 496 g/mol. The Hall–Kier alpha value is -1.85. The summed E-state index contributed by atoms with van der Waals surface area (Å²) in [4.78, 5) is 4.71. The zero-order chi connectivity index (χ0) is 22.9. The van der Waals surface area contributed by atoms with E-state index in [1.54, 1.807) is 6.07 Å². The zero-order valence-electron chi connectivity index (χ0n) is 18.3. The van der Waals surface area contributed by atoms with Crippen LogP contribution in [0.25, 0.3) is 0 Å². The van der Waals surface area contributed by atoms with E-state index in [0.717, 1.165) is 17.8 Å². The van der Waals surface area contributed by atoms with Crippen LogP contribution < -0.4 is 5.43 Å². The van der Waals surface area contributed by atoms with Gasteiger partial charge in [0.1, 0.15) is 0 Å². The number of sulfonamides is 1. The van der Waals surface area contributed by atoms with Crippen molar-refractivity contribution in [1.82, 2.24) is 14.3 Å². The van der Waals surface area contributed by atoms with E-state index in [9.17, 15) is 8.42 Å². The van der Waals surface area contributed by atoms with Crippen molar-refractivity contribution in [1.29, 1.82) is 0 Å². The summed E-state index contributed by atoms with van der Waals surface area (Å²) in [6.07, 6.45) is 0. The molecular weight excluding hydrogens is 470 g/mol. The van der Waals surface area contributed by atoms with Crippen LogP contribution in [-0.4, -0.2) is 60.2 Å². The second-order valence-corrected chi connectivity index (χ2v) is 10.8. The fraction of sp³-hybridized carbons (Fsp3) is 0.429. The molecule has 1 N–H and O–H groups in total. The van der Waals surface area contributed by atoms with Crippen LogP contribution >= 0.6 is 23.4 Å². The van der Waals surface area contributed by atoms with Crippen LogP contribution in [0.4, 0.5) is 5.69 Å². The SMILES string of the molecule is CCn1c(C)cc(C2=NNC(=Nc3cc(S(=O)(=O)N4CCOCC4)ccc3Cl)SC2)c1C. The molecule has 0 atom stereocenters. The quantitative estimate of drug-likeness (QED) is 0.685. The summed E-state index contributed by atoms with van der Waals surface area (Å²) in [5.74, 6) is 0.656. The van der Waals surface area contributed by atoms with Gasteiger partial charge in [-0.05, 0) is 45.0 Å². The molecule has 2 aliphatic heterocycles. The lowest BCUT2D eigenvalue weighted by atomic mass is 10.1. The first-order valence-corrected chi connectivity index (χ1v) is 13.2. The third kappa shape index (κ3) is 4.60. The number of morpholine rings is 1. The maximum Gasteiger partial charge on any atom is 0.243 e. The molecule has 0 saturated carbocycles. The lowest BCUT2D eigenvalue weighted by Crippen LogP contribution is -2.40. The first-order valence-electron chi connectivity index (χ1n) is 10.4. The van der Waals surface area contributed by atoms with Crippen molar-refractivity contribution >= 4 is 50.0 Å². The lowest BCUT2D eigenvalue weighted by molar-refractivity contribution is 0.0730. The normalized spacial score (nSPS) is 19.1. The Morgan fingerprint density at radius 2 is 2.00 bits per heavy atom. The summed E-state index contributed by atoms with van der Waals surface area (Å²) >= 11 is 7.83. The van der Waals surface area contributed by atoms with E-state index in [1.807, 2.05) is 0 Å². The molecule has 0 amide bonds. The van der Waals surface area contributed by atoms with Crippen LogP contribution in [0.1, 0.15) is 23.9 Å². The zero-order valence-corrected chi connectivity index (χ0v) is 20.6. The highest BCUT2D eigenvalue weighted by Gasteiger charge is 2.27. The molecule has 172 valence electrons. The van der Waals surface area contributed by atoms with E-state index in [-0.39, 0.29) is 4.90 Å². The largest absolute Gasteiger partial charge is 0.379 e. The second-order valence-electron chi connectivity index (χ2n) is 7.53. The number of hydrogen-bond acceptors (Lipinski definition) is 6. The number of thioether (sulfide) groups is 1. The number of rotatable bonds is 5. The van der Waals surface area contributed by atoms with E-state index in [0.29, 0.717) is 47.9 Å². The van der Waals surface area contributed by atoms with Gasteiger partial charge in [-0.3, -0.25) is 5.43 Å². The van der Waals surface area contributed by atoms with E-state index in [1.165, 1.54) is 39.6 Å². The van der Waals surface area contributed by atoms with E-state index in [2.05, 4.69) is 46.9 Å². The molecule has 1 fully saturated rings. The molecule has 4 rings (SSSR count). The topological polar surface area (TPSA) is 88.3 Å². The number of ether oxygens (including phenoxy) is 1. The van der Waals surface area contributed by atoms with Crippen molar-refractivity contribution in [2.24, 2.45) is 10.1 Å². The Morgan fingerprint density at radius 3 is 2.62 bits per heavy atom. The number of aliphatic imine (C=N–C) groups is 1. The number of nitrogens with zero attached hydrogens (tertiary/aromatic N) is 4. The third-order valence-corrected chi connectivity index (χ3v) is 8.67. The van der Waals surface area contributed by atoms with Crippen molar-refractivity contribution in [3.63, 3.8) is 0 Å². The van der Waals surface area contributed by atoms with Crippen molar-refractivity contribution in [2.75, 3.05) is 32.1 Å². The second kappa shape index (κ2) is 9.56. The summed E-state index contributed by atoms with van der Waals surface area (Å²) in [6, 6.07) is 6.74. The van der Waals surface area contributed by atoms with E-state index < -0.39 is 10.0 Å². The van der Waals surface area contributed by atoms with Gasteiger partial charge in [-0.1, -0.05) is 23.4 Å². The molecule has 1 saturated heterocycles. The van der Waals surface area contributed by atoms with E-state index >= 15 is 0 Å². The first-order chi connectivity index (χ1) is 15.3. The maximum absolute atomic E-state index is 13.0. The van der Waals surface area contributed by atoms with Crippen molar-refractivity contribution in [3.05, 3.63) is 46.2 Å². The van der Waals surface area contributed by atoms with Crippen LogP contribution in [0.2, 0.25) is 5.02 Å². The minimum Gasteiger partial charge on any atom is -0.379 e. The van der Waals surface area contributed by atoms with Gasteiger partial charge in [-0.25, -0.2) is 13.4 Å². The summed E-state index contributed by atoms with van der Waals surface area (Å²) in [5, 5.41) is 5.47. The molecule has 2 aromatic rings. The minimum atomic E-state index is -3.63. The third-order valence-electron chi connectivity index (χ3n) is 5.58. The fourth-order valence-corrected chi connectivity index (χ4v) is 6.23. The van der Waals surface area contributed by atoms with E-state index in [4.69, 9.17) is 16.3 Å². The summed E-state index contributed by atoms with van der Waals surface area (Å²) in [6.45, 7) is 8.69. The fourth-order valence-electron chi connectivity index (χ4n) is 3.88. The summed E-state index contributed by atoms with van der Waals surface area (Å²) < 4.78 is 34.9. The smallest absolute Gasteiger partial charge is 0.243 e. The monoisotopic (exact) mass is 495 g/mol. The summed E-state index contributed by atoms with van der Waals surface area (Å²) in [5.41, 5.74) is 7.86. The van der Waals surface area contributed by atoms with Crippen molar-refractivity contribution in [2.45, 2.75) is 32.2 Å². The molecule has 1 aromatic carbocycles. The van der Waals surface area contributed by atoms with Crippen molar-refractivity contribution < 1.29 is 13.2 Å². The molecule has 0 bridgehead atoms. The van der Waals surface area contributed by atoms with Gasteiger partial charge in [0.05, 0.1) is 34.5 Å².